The van der Waals surface area contributed by atoms with Crippen molar-refractivity contribution in [3.05, 3.63) is 0 Å². The summed E-state index contributed by atoms with van der Waals surface area (Å²) in [5, 5.41) is 32.1. The minimum atomic E-state index is -1.01. The van der Waals surface area contributed by atoms with Gasteiger partial charge in [0.2, 0.25) is 0 Å². The summed E-state index contributed by atoms with van der Waals surface area (Å²) in [4.78, 5) is 0. The van der Waals surface area contributed by atoms with E-state index in [1.54, 1.807) is 0 Å². The second-order valence-corrected chi connectivity index (χ2v) is 9.72. The standard InChI is InChI=1S/C21H32O3/c1-4-21(24)10-7-16-18-15(6-9-20(16,21)3)19(2)8-5-14(22)11-13(19)12-17(18)23/h1,13-18,22-24H,5-12H2,2-3H3/t13-,14-,15-,16-,17-,18+,19-,20-,21-/m0/s1. The summed E-state index contributed by atoms with van der Waals surface area (Å²) in [6.07, 6.45) is 12.4. The van der Waals surface area contributed by atoms with Crippen LogP contribution in [-0.2, 0) is 0 Å². The molecule has 0 saturated heterocycles. The quantitative estimate of drug-likeness (QED) is 0.598. The molecular weight excluding hydrogens is 300 g/mol. The van der Waals surface area contributed by atoms with Crippen LogP contribution in [-0.4, -0.2) is 33.1 Å². The van der Waals surface area contributed by atoms with Crippen LogP contribution in [0.2, 0.25) is 0 Å². The summed E-state index contributed by atoms with van der Waals surface area (Å²) in [6, 6.07) is 0. The molecule has 0 bridgehead atoms. The van der Waals surface area contributed by atoms with Crippen LogP contribution < -0.4 is 0 Å². The van der Waals surface area contributed by atoms with Gasteiger partial charge >= 0.3 is 0 Å². The number of rotatable bonds is 0. The van der Waals surface area contributed by atoms with Crippen molar-refractivity contribution in [2.75, 3.05) is 0 Å². The minimum Gasteiger partial charge on any atom is -0.393 e. The Bertz CT molecular complexity index is 568. The van der Waals surface area contributed by atoms with Crippen molar-refractivity contribution in [3.63, 3.8) is 0 Å². The Hall–Kier alpha value is -0.560. The molecule has 0 spiro atoms. The third kappa shape index (κ3) is 1.97. The molecular formula is C21H32O3. The molecule has 4 saturated carbocycles. The zero-order valence-corrected chi connectivity index (χ0v) is 15.0. The minimum absolute atomic E-state index is 0.196. The lowest BCUT2D eigenvalue weighted by Gasteiger charge is -2.62. The Morgan fingerprint density at radius 3 is 2.38 bits per heavy atom. The predicted octanol–water partition coefficient (Wildman–Crippen LogP) is 2.73. The van der Waals surface area contributed by atoms with Gasteiger partial charge in [-0.2, -0.15) is 0 Å². The van der Waals surface area contributed by atoms with E-state index >= 15 is 0 Å². The number of aliphatic hydroxyl groups excluding tert-OH is 2. The fourth-order valence-electron chi connectivity index (χ4n) is 7.46. The lowest BCUT2D eigenvalue weighted by Crippen LogP contribution is -2.60. The maximum atomic E-state index is 11.0. The fraction of sp³-hybridized carbons (Fsp3) is 0.905. The van der Waals surface area contributed by atoms with Gasteiger partial charge in [0.25, 0.3) is 0 Å². The smallest absolute Gasteiger partial charge is 0.130 e. The highest BCUT2D eigenvalue weighted by atomic mass is 16.3. The van der Waals surface area contributed by atoms with E-state index in [-0.39, 0.29) is 29.0 Å². The maximum Gasteiger partial charge on any atom is 0.130 e. The van der Waals surface area contributed by atoms with Crippen molar-refractivity contribution in [1.29, 1.82) is 0 Å². The average molecular weight is 332 g/mol. The highest BCUT2D eigenvalue weighted by Gasteiger charge is 2.66. The summed E-state index contributed by atoms with van der Waals surface area (Å²) in [5.41, 5.74) is -1.05. The molecule has 4 fully saturated rings. The van der Waals surface area contributed by atoms with Crippen LogP contribution >= 0.6 is 0 Å². The van der Waals surface area contributed by atoms with Gasteiger partial charge in [0.05, 0.1) is 12.2 Å². The molecule has 0 unspecified atom stereocenters. The van der Waals surface area contributed by atoms with E-state index in [0.717, 1.165) is 44.9 Å². The highest BCUT2D eigenvalue weighted by molar-refractivity contribution is 5.24. The van der Waals surface area contributed by atoms with E-state index < -0.39 is 5.60 Å². The van der Waals surface area contributed by atoms with Crippen molar-refractivity contribution < 1.29 is 15.3 Å². The van der Waals surface area contributed by atoms with Crippen molar-refractivity contribution in [1.82, 2.24) is 0 Å². The van der Waals surface area contributed by atoms with Gasteiger partial charge in [-0.25, -0.2) is 0 Å². The number of aliphatic hydroxyl groups is 3. The molecule has 0 aromatic carbocycles. The van der Waals surface area contributed by atoms with Crippen molar-refractivity contribution in [2.45, 2.75) is 83.0 Å². The zero-order chi connectivity index (χ0) is 17.3. The first-order valence-corrected chi connectivity index (χ1v) is 9.81. The van der Waals surface area contributed by atoms with Crippen LogP contribution in [0.5, 0.6) is 0 Å². The van der Waals surface area contributed by atoms with E-state index in [2.05, 4.69) is 19.8 Å². The first-order valence-electron chi connectivity index (χ1n) is 9.81. The summed E-state index contributed by atoms with van der Waals surface area (Å²) in [7, 11) is 0. The van der Waals surface area contributed by atoms with Gasteiger partial charge in [-0.1, -0.05) is 19.8 Å². The molecule has 0 heterocycles. The van der Waals surface area contributed by atoms with Crippen LogP contribution in [0.15, 0.2) is 0 Å². The Morgan fingerprint density at radius 1 is 0.958 bits per heavy atom. The monoisotopic (exact) mass is 332 g/mol. The van der Waals surface area contributed by atoms with Gasteiger partial charge in [0, 0.05) is 5.41 Å². The van der Waals surface area contributed by atoms with Crippen molar-refractivity contribution in [3.8, 4) is 12.3 Å². The molecule has 0 aromatic rings. The second-order valence-electron chi connectivity index (χ2n) is 9.72. The molecule has 4 aliphatic carbocycles. The SMILES string of the molecule is C#C[C@]1(O)CC[C@H]2[C@@H]3[C@@H](O)C[C@@H]4C[C@@H](O)CC[C@]4(C)[C@H]3CC[C@@]21C. The van der Waals surface area contributed by atoms with Crippen LogP contribution in [0.25, 0.3) is 0 Å². The second kappa shape index (κ2) is 5.22. The largest absolute Gasteiger partial charge is 0.393 e. The normalized spacial score (nSPS) is 59.8. The third-order valence-electron chi connectivity index (χ3n) is 9.05. The summed E-state index contributed by atoms with van der Waals surface area (Å²) in [5.74, 6) is 4.19. The third-order valence-corrected chi connectivity index (χ3v) is 9.05. The maximum absolute atomic E-state index is 11.0. The molecule has 0 radical (unpaired) electrons. The first-order chi connectivity index (χ1) is 11.2. The summed E-state index contributed by atoms with van der Waals surface area (Å²) >= 11 is 0. The molecule has 24 heavy (non-hydrogen) atoms. The lowest BCUT2D eigenvalue weighted by atomic mass is 9.43. The van der Waals surface area contributed by atoms with Crippen LogP contribution in [0.4, 0.5) is 0 Å². The number of hydrogen-bond donors (Lipinski definition) is 3. The predicted molar refractivity (Wildman–Crippen MR) is 92.9 cm³/mol. The van der Waals surface area contributed by atoms with Gasteiger partial charge in [0.15, 0.2) is 0 Å². The first kappa shape index (κ1) is 16.9. The van der Waals surface area contributed by atoms with E-state index in [9.17, 15) is 15.3 Å². The Morgan fingerprint density at radius 2 is 1.67 bits per heavy atom. The van der Waals surface area contributed by atoms with E-state index in [4.69, 9.17) is 6.42 Å². The topological polar surface area (TPSA) is 60.7 Å². The Balaban J connectivity index is 1.69. The molecule has 4 rings (SSSR count). The number of fused-ring (bicyclic) bond motifs is 5. The van der Waals surface area contributed by atoms with Crippen LogP contribution in [0.1, 0.15) is 65.2 Å². The molecule has 0 aromatic heterocycles. The molecule has 3 N–H and O–H groups in total. The summed E-state index contributed by atoms with van der Waals surface area (Å²) in [6.45, 7) is 4.56. The van der Waals surface area contributed by atoms with E-state index in [1.807, 2.05) is 0 Å². The molecule has 4 aliphatic rings. The average Bonchev–Trinajstić information content (AvgIpc) is 2.82. The van der Waals surface area contributed by atoms with Gasteiger partial charge in [-0.3, -0.25) is 0 Å². The molecule has 134 valence electrons. The number of hydrogen-bond acceptors (Lipinski definition) is 3. The lowest BCUT2D eigenvalue weighted by molar-refractivity contribution is -0.183. The van der Waals surface area contributed by atoms with Crippen molar-refractivity contribution >= 4 is 0 Å². The molecule has 0 aliphatic heterocycles. The Labute approximate surface area is 145 Å². The van der Waals surface area contributed by atoms with Gasteiger partial charge in [0.1, 0.15) is 5.60 Å². The molecule has 9 atom stereocenters. The number of terminal acetylenes is 1. The van der Waals surface area contributed by atoms with Gasteiger partial charge < -0.3 is 15.3 Å². The highest BCUT2D eigenvalue weighted by Crippen LogP contribution is 2.68. The van der Waals surface area contributed by atoms with Crippen LogP contribution in [0, 0.1) is 46.8 Å². The Kier molecular flexibility index (Phi) is 3.67. The molecule has 0 amide bonds. The van der Waals surface area contributed by atoms with Gasteiger partial charge in [-0.05, 0) is 80.5 Å². The van der Waals surface area contributed by atoms with Crippen LogP contribution in [0.3, 0.4) is 0 Å². The van der Waals surface area contributed by atoms with Crippen molar-refractivity contribution in [2.24, 2.45) is 34.5 Å². The van der Waals surface area contributed by atoms with E-state index in [0.29, 0.717) is 24.2 Å². The van der Waals surface area contributed by atoms with E-state index in [1.165, 1.54) is 0 Å². The molecule has 3 nitrogen and oxygen atoms in total. The summed E-state index contributed by atoms with van der Waals surface area (Å²) < 4.78 is 0. The zero-order valence-electron chi connectivity index (χ0n) is 15.0. The van der Waals surface area contributed by atoms with Gasteiger partial charge in [-0.15, -0.1) is 6.42 Å². The molecule has 3 heteroatoms. The fourth-order valence-corrected chi connectivity index (χ4v) is 7.46.